The number of benzene rings is 1. The predicted molar refractivity (Wildman–Crippen MR) is 81.2 cm³/mol. The third-order valence-electron chi connectivity index (χ3n) is 2.50. The van der Waals surface area contributed by atoms with Gasteiger partial charge in [-0.3, -0.25) is 4.79 Å². The first kappa shape index (κ1) is 14.7. The van der Waals surface area contributed by atoms with Crippen LogP contribution < -0.4 is 10.0 Å². The molecule has 0 aliphatic rings. The van der Waals surface area contributed by atoms with Crippen LogP contribution in [0.25, 0.3) is 11.1 Å². The van der Waals surface area contributed by atoms with Gasteiger partial charge in [0.05, 0.1) is 12.8 Å². The van der Waals surface area contributed by atoms with Crippen molar-refractivity contribution >= 4 is 33.0 Å². The molecule has 1 aromatic heterocycles. The lowest BCUT2D eigenvalue weighted by molar-refractivity contribution is -0.115. The lowest BCUT2D eigenvalue weighted by Gasteiger charge is -2.07. The number of anilines is 1. The van der Waals surface area contributed by atoms with Gasteiger partial charge in [-0.2, -0.15) is 11.3 Å². The zero-order valence-electron chi connectivity index (χ0n) is 10.8. The molecule has 0 bridgehead atoms. The van der Waals surface area contributed by atoms with Crippen molar-refractivity contribution < 1.29 is 13.2 Å². The predicted octanol–water partition coefficient (Wildman–Crippen LogP) is 1.90. The number of hydrogen-bond donors (Lipinski definition) is 2. The van der Waals surface area contributed by atoms with E-state index >= 15 is 0 Å². The van der Waals surface area contributed by atoms with Gasteiger partial charge >= 0.3 is 0 Å². The van der Waals surface area contributed by atoms with E-state index in [2.05, 4.69) is 10.0 Å². The molecule has 2 rings (SSSR count). The summed E-state index contributed by atoms with van der Waals surface area (Å²) in [6.45, 7) is -0.276. The van der Waals surface area contributed by atoms with E-state index in [-0.39, 0.29) is 6.54 Å². The largest absolute Gasteiger partial charge is 0.325 e. The SMILES string of the molecule is CS(=O)(=O)NCC(=O)Nc1cccc(-c2ccsc2)c1. The Bertz CT molecular complexity index is 694. The molecule has 0 saturated heterocycles. The van der Waals surface area contributed by atoms with Gasteiger partial charge in [0.25, 0.3) is 0 Å². The van der Waals surface area contributed by atoms with Crippen LogP contribution in [-0.2, 0) is 14.8 Å². The van der Waals surface area contributed by atoms with Crippen LogP contribution in [0.3, 0.4) is 0 Å². The molecule has 0 aliphatic carbocycles. The summed E-state index contributed by atoms with van der Waals surface area (Å²) in [5.41, 5.74) is 2.72. The van der Waals surface area contributed by atoms with E-state index in [9.17, 15) is 13.2 Å². The third kappa shape index (κ3) is 4.44. The van der Waals surface area contributed by atoms with Crippen molar-refractivity contribution in [3.05, 3.63) is 41.1 Å². The van der Waals surface area contributed by atoms with E-state index in [1.165, 1.54) is 0 Å². The van der Waals surface area contributed by atoms with E-state index in [1.807, 2.05) is 35.0 Å². The fraction of sp³-hybridized carbons (Fsp3) is 0.154. The lowest BCUT2D eigenvalue weighted by Crippen LogP contribution is -2.32. The highest BCUT2D eigenvalue weighted by Crippen LogP contribution is 2.24. The number of amides is 1. The van der Waals surface area contributed by atoms with Crippen LogP contribution in [0.2, 0.25) is 0 Å². The molecule has 2 aromatic rings. The average Bonchev–Trinajstić information content (AvgIpc) is 2.90. The van der Waals surface area contributed by atoms with Crippen LogP contribution in [0, 0.1) is 0 Å². The molecule has 0 atom stereocenters. The van der Waals surface area contributed by atoms with Crippen molar-refractivity contribution in [2.75, 3.05) is 18.1 Å². The maximum atomic E-state index is 11.6. The summed E-state index contributed by atoms with van der Waals surface area (Å²) in [4.78, 5) is 11.6. The maximum absolute atomic E-state index is 11.6. The van der Waals surface area contributed by atoms with E-state index in [0.29, 0.717) is 5.69 Å². The molecule has 2 N–H and O–H groups in total. The molecule has 5 nitrogen and oxygen atoms in total. The van der Waals surface area contributed by atoms with Crippen molar-refractivity contribution in [3.8, 4) is 11.1 Å². The van der Waals surface area contributed by atoms with Crippen LogP contribution in [0.5, 0.6) is 0 Å². The number of carbonyl (C=O) groups excluding carboxylic acids is 1. The maximum Gasteiger partial charge on any atom is 0.239 e. The lowest BCUT2D eigenvalue weighted by atomic mass is 10.1. The Morgan fingerprint density at radius 2 is 2.05 bits per heavy atom. The minimum absolute atomic E-state index is 0.276. The highest BCUT2D eigenvalue weighted by Gasteiger charge is 2.07. The molecule has 7 heteroatoms. The molecule has 0 radical (unpaired) electrons. The van der Waals surface area contributed by atoms with Gasteiger partial charge in [0.15, 0.2) is 0 Å². The minimum atomic E-state index is -3.36. The monoisotopic (exact) mass is 310 g/mol. The van der Waals surface area contributed by atoms with E-state index in [4.69, 9.17) is 0 Å². The molecule has 0 fully saturated rings. The van der Waals surface area contributed by atoms with Gasteiger partial charge in [-0.05, 0) is 40.1 Å². The molecular formula is C13H14N2O3S2. The average molecular weight is 310 g/mol. The Kier molecular flexibility index (Phi) is 4.53. The Hall–Kier alpha value is -1.70. The van der Waals surface area contributed by atoms with Crippen LogP contribution >= 0.6 is 11.3 Å². The first-order chi connectivity index (χ1) is 9.44. The number of thiophene rings is 1. The van der Waals surface area contributed by atoms with Gasteiger partial charge in [0, 0.05) is 5.69 Å². The molecule has 1 heterocycles. The molecule has 20 heavy (non-hydrogen) atoms. The summed E-state index contributed by atoms with van der Waals surface area (Å²) in [7, 11) is -3.36. The molecule has 0 aliphatic heterocycles. The molecular weight excluding hydrogens is 296 g/mol. The summed E-state index contributed by atoms with van der Waals surface area (Å²) in [6.07, 6.45) is 1.01. The zero-order valence-corrected chi connectivity index (χ0v) is 12.4. The smallest absolute Gasteiger partial charge is 0.239 e. The quantitative estimate of drug-likeness (QED) is 0.885. The fourth-order valence-corrected chi connectivity index (χ4v) is 2.67. The van der Waals surface area contributed by atoms with E-state index < -0.39 is 15.9 Å². The highest BCUT2D eigenvalue weighted by atomic mass is 32.2. The summed E-state index contributed by atoms with van der Waals surface area (Å²) in [6, 6.07) is 9.39. The minimum Gasteiger partial charge on any atom is -0.325 e. The number of rotatable bonds is 5. The van der Waals surface area contributed by atoms with Crippen LogP contribution in [-0.4, -0.2) is 27.1 Å². The highest BCUT2D eigenvalue weighted by molar-refractivity contribution is 7.88. The van der Waals surface area contributed by atoms with E-state index in [1.54, 1.807) is 17.4 Å². The Balaban J connectivity index is 2.03. The van der Waals surface area contributed by atoms with Crippen LogP contribution in [0.1, 0.15) is 0 Å². The zero-order chi connectivity index (χ0) is 14.6. The van der Waals surface area contributed by atoms with Gasteiger partial charge in [-0.25, -0.2) is 13.1 Å². The van der Waals surface area contributed by atoms with Gasteiger partial charge in [0.1, 0.15) is 0 Å². The molecule has 0 saturated carbocycles. The number of nitrogens with one attached hydrogen (secondary N) is 2. The Labute approximate surface area is 121 Å². The van der Waals surface area contributed by atoms with Gasteiger partial charge in [-0.15, -0.1) is 0 Å². The van der Waals surface area contributed by atoms with E-state index in [0.717, 1.165) is 17.4 Å². The Morgan fingerprint density at radius 3 is 2.70 bits per heavy atom. The van der Waals surface area contributed by atoms with Crippen LogP contribution in [0.4, 0.5) is 5.69 Å². The molecule has 0 spiro atoms. The van der Waals surface area contributed by atoms with Crippen molar-refractivity contribution in [2.45, 2.75) is 0 Å². The van der Waals surface area contributed by atoms with Gasteiger partial charge < -0.3 is 5.32 Å². The second kappa shape index (κ2) is 6.17. The summed E-state index contributed by atoms with van der Waals surface area (Å²) in [5, 5.41) is 6.66. The topological polar surface area (TPSA) is 75.3 Å². The van der Waals surface area contributed by atoms with Crippen LogP contribution in [0.15, 0.2) is 41.1 Å². The second-order valence-corrected chi connectivity index (χ2v) is 6.85. The first-order valence-electron chi connectivity index (χ1n) is 5.81. The standard InChI is InChI=1S/C13H14N2O3S2/c1-20(17,18)14-8-13(16)15-12-4-2-3-10(7-12)11-5-6-19-9-11/h2-7,9,14H,8H2,1H3,(H,15,16). The fourth-order valence-electron chi connectivity index (χ4n) is 1.61. The molecule has 0 unspecified atom stereocenters. The van der Waals surface area contributed by atoms with Gasteiger partial charge in [-0.1, -0.05) is 12.1 Å². The number of sulfonamides is 1. The van der Waals surface area contributed by atoms with Crippen molar-refractivity contribution in [1.82, 2.24) is 4.72 Å². The van der Waals surface area contributed by atoms with Crippen molar-refractivity contribution in [3.63, 3.8) is 0 Å². The first-order valence-corrected chi connectivity index (χ1v) is 8.64. The third-order valence-corrected chi connectivity index (χ3v) is 3.85. The second-order valence-electron chi connectivity index (χ2n) is 4.23. The molecule has 106 valence electrons. The summed E-state index contributed by atoms with van der Waals surface area (Å²) < 4.78 is 24.0. The van der Waals surface area contributed by atoms with Crippen molar-refractivity contribution in [1.29, 1.82) is 0 Å². The summed E-state index contributed by atoms with van der Waals surface area (Å²) in [5.74, 6) is -0.405. The Morgan fingerprint density at radius 1 is 1.25 bits per heavy atom. The normalized spacial score (nSPS) is 11.2. The molecule has 1 aromatic carbocycles. The molecule has 1 amide bonds. The number of carbonyl (C=O) groups is 1. The number of hydrogen-bond acceptors (Lipinski definition) is 4. The van der Waals surface area contributed by atoms with Gasteiger partial charge in [0.2, 0.25) is 15.9 Å². The van der Waals surface area contributed by atoms with Crippen molar-refractivity contribution in [2.24, 2.45) is 0 Å². The summed E-state index contributed by atoms with van der Waals surface area (Å²) >= 11 is 1.60.